The highest BCUT2D eigenvalue weighted by Crippen LogP contribution is 2.13. The molecular weight excluding hydrogens is 198 g/mol. The van der Waals surface area contributed by atoms with Crippen LogP contribution in [0, 0.1) is 5.92 Å². The van der Waals surface area contributed by atoms with Crippen LogP contribution < -0.4 is 5.32 Å². The predicted molar refractivity (Wildman–Crippen MR) is 69.6 cm³/mol. The van der Waals surface area contributed by atoms with Crippen molar-refractivity contribution in [3.8, 4) is 0 Å². The average Bonchev–Trinajstić information content (AvgIpc) is 2.20. The van der Waals surface area contributed by atoms with Gasteiger partial charge in [-0.05, 0) is 26.0 Å². The van der Waals surface area contributed by atoms with Crippen molar-refractivity contribution in [3.63, 3.8) is 0 Å². The summed E-state index contributed by atoms with van der Waals surface area (Å²) in [6.45, 7) is 9.55. The van der Waals surface area contributed by atoms with E-state index in [1.54, 1.807) is 0 Å². The van der Waals surface area contributed by atoms with E-state index < -0.39 is 0 Å². The number of pyridine rings is 1. The molecule has 3 nitrogen and oxygen atoms in total. The van der Waals surface area contributed by atoms with Gasteiger partial charge in [0.25, 0.3) is 0 Å². The van der Waals surface area contributed by atoms with Crippen LogP contribution in [-0.4, -0.2) is 30.0 Å². The van der Waals surface area contributed by atoms with Gasteiger partial charge in [0.05, 0.1) is 0 Å². The standard InChI is InChI=1S/C13H23N3/c1-5-14-13-12(7-6-8-15-13)10-16(4)9-11(2)3/h6-8,11H,5,9-10H2,1-4H3,(H,14,15). The lowest BCUT2D eigenvalue weighted by molar-refractivity contribution is 0.288. The van der Waals surface area contributed by atoms with Gasteiger partial charge in [0.15, 0.2) is 0 Å². The third-order valence-corrected chi connectivity index (χ3v) is 2.35. The Labute approximate surface area is 98.9 Å². The fourth-order valence-electron chi connectivity index (χ4n) is 1.87. The molecule has 0 radical (unpaired) electrons. The van der Waals surface area contributed by atoms with Gasteiger partial charge in [-0.3, -0.25) is 0 Å². The summed E-state index contributed by atoms with van der Waals surface area (Å²) in [7, 11) is 2.16. The van der Waals surface area contributed by atoms with Crippen molar-refractivity contribution in [3.05, 3.63) is 23.9 Å². The molecule has 1 aromatic heterocycles. The van der Waals surface area contributed by atoms with Crippen molar-refractivity contribution >= 4 is 5.82 Å². The van der Waals surface area contributed by atoms with E-state index in [2.05, 4.69) is 49.1 Å². The number of anilines is 1. The molecule has 1 aromatic rings. The number of hydrogen-bond donors (Lipinski definition) is 1. The first-order valence-corrected chi connectivity index (χ1v) is 5.99. The minimum Gasteiger partial charge on any atom is -0.370 e. The Hall–Kier alpha value is -1.09. The maximum Gasteiger partial charge on any atom is 0.130 e. The zero-order chi connectivity index (χ0) is 12.0. The van der Waals surface area contributed by atoms with E-state index in [9.17, 15) is 0 Å². The molecule has 90 valence electrons. The van der Waals surface area contributed by atoms with Gasteiger partial charge in [0.1, 0.15) is 5.82 Å². The first-order chi connectivity index (χ1) is 7.63. The summed E-state index contributed by atoms with van der Waals surface area (Å²) in [5.74, 6) is 1.71. The normalized spacial score (nSPS) is 11.1. The Balaban J connectivity index is 2.64. The molecule has 0 amide bonds. The van der Waals surface area contributed by atoms with Crippen LogP contribution in [-0.2, 0) is 6.54 Å². The molecule has 0 bridgehead atoms. The quantitative estimate of drug-likeness (QED) is 0.800. The lowest BCUT2D eigenvalue weighted by atomic mass is 10.2. The maximum atomic E-state index is 4.36. The zero-order valence-electron chi connectivity index (χ0n) is 10.8. The number of hydrogen-bond acceptors (Lipinski definition) is 3. The second-order valence-corrected chi connectivity index (χ2v) is 4.63. The Morgan fingerprint density at radius 2 is 2.19 bits per heavy atom. The monoisotopic (exact) mass is 221 g/mol. The number of nitrogens with zero attached hydrogens (tertiary/aromatic N) is 2. The Morgan fingerprint density at radius 1 is 1.44 bits per heavy atom. The molecule has 0 unspecified atom stereocenters. The van der Waals surface area contributed by atoms with E-state index in [1.165, 1.54) is 5.56 Å². The van der Waals surface area contributed by atoms with Crippen molar-refractivity contribution in [1.29, 1.82) is 0 Å². The predicted octanol–water partition coefficient (Wildman–Crippen LogP) is 2.60. The Kier molecular flexibility index (Phi) is 5.26. The first-order valence-electron chi connectivity index (χ1n) is 5.99. The van der Waals surface area contributed by atoms with Crippen molar-refractivity contribution in [1.82, 2.24) is 9.88 Å². The highest BCUT2D eigenvalue weighted by Gasteiger charge is 2.06. The van der Waals surface area contributed by atoms with Crippen LogP contribution in [0.15, 0.2) is 18.3 Å². The van der Waals surface area contributed by atoms with E-state index >= 15 is 0 Å². The fourth-order valence-corrected chi connectivity index (χ4v) is 1.87. The van der Waals surface area contributed by atoms with Crippen molar-refractivity contribution in [2.75, 3.05) is 25.5 Å². The maximum absolute atomic E-state index is 4.36. The molecule has 0 aliphatic rings. The van der Waals surface area contributed by atoms with E-state index in [-0.39, 0.29) is 0 Å². The van der Waals surface area contributed by atoms with E-state index in [0.29, 0.717) is 5.92 Å². The van der Waals surface area contributed by atoms with Gasteiger partial charge < -0.3 is 10.2 Å². The molecule has 0 saturated heterocycles. The van der Waals surface area contributed by atoms with Crippen LogP contribution in [0.3, 0.4) is 0 Å². The number of rotatable bonds is 6. The SMILES string of the molecule is CCNc1ncccc1CN(C)CC(C)C. The van der Waals surface area contributed by atoms with Gasteiger partial charge in [-0.2, -0.15) is 0 Å². The molecule has 0 aliphatic heterocycles. The van der Waals surface area contributed by atoms with Gasteiger partial charge in [-0.25, -0.2) is 4.98 Å². The number of nitrogens with one attached hydrogen (secondary N) is 1. The van der Waals surface area contributed by atoms with Gasteiger partial charge >= 0.3 is 0 Å². The molecule has 0 saturated carbocycles. The van der Waals surface area contributed by atoms with Crippen molar-refractivity contribution < 1.29 is 0 Å². The first kappa shape index (κ1) is 13.0. The molecule has 0 spiro atoms. The van der Waals surface area contributed by atoms with Gasteiger partial charge in [0, 0.05) is 31.4 Å². The molecule has 0 fully saturated rings. The van der Waals surface area contributed by atoms with E-state index in [4.69, 9.17) is 0 Å². The molecule has 3 heteroatoms. The number of aromatic nitrogens is 1. The van der Waals surface area contributed by atoms with E-state index in [1.807, 2.05) is 12.3 Å². The summed E-state index contributed by atoms with van der Waals surface area (Å²) in [5.41, 5.74) is 1.27. The highest BCUT2D eigenvalue weighted by molar-refractivity contribution is 5.43. The van der Waals surface area contributed by atoms with Crippen molar-refractivity contribution in [2.24, 2.45) is 5.92 Å². The topological polar surface area (TPSA) is 28.2 Å². The summed E-state index contributed by atoms with van der Waals surface area (Å²) in [6, 6.07) is 4.14. The van der Waals surface area contributed by atoms with Crippen LogP contribution in [0.25, 0.3) is 0 Å². The van der Waals surface area contributed by atoms with Crippen LogP contribution in [0.5, 0.6) is 0 Å². The summed E-state index contributed by atoms with van der Waals surface area (Å²) >= 11 is 0. The van der Waals surface area contributed by atoms with Gasteiger partial charge in [-0.1, -0.05) is 19.9 Å². The third-order valence-electron chi connectivity index (χ3n) is 2.35. The molecular formula is C13H23N3. The lowest BCUT2D eigenvalue weighted by Gasteiger charge is -2.20. The summed E-state index contributed by atoms with van der Waals surface area (Å²) in [5, 5.41) is 3.30. The molecule has 0 atom stereocenters. The second kappa shape index (κ2) is 6.48. The largest absolute Gasteiger partial charge is 0.370 e. The molecule has 1 N–H and O–H groups in total. The van der Waals surface area contributed by atoms with Crippen LogP contribution in [0.1, 0.15) is 26.3 Å². The summed E-state index contributed by atoms with van der Waals surface area (Å²) in [4.78, 5) is 6.70. The molecule has 0 aliphatic carbocycles. The summed E-state index contributed by atoms with van der Waals surface area (Å²) in [6.07, 6.45) is 1.84. The zero-order valence-corrected chi connectivity index (χ0v) is 10.8. The van der Waals surface area contributed by atoms with Gasteiger partial charge in [-0.15, -0.1) is 0 Å². The van der Waals surface area contributed by atoms with Gasteiger partial charge in [0.2, 0.25) is 0 Å². The minimum atomic E-state index is 0.698. The second-order valence-electron chi connectivity index (χ2n) is 4.63. The van der Waals surface area contributed by atoms with Crippen LogP contribution >= 0.6 is 0 Å². The molecule has 16 heavy (non-hydrogen) atoms. The lowest BCUT2D eigenvalue weighted by Crippen LogP contribution is -2.23. The smallest absolute Gasteiger partial charge is 0.130 e. The Bertz CT molecular complexity index is 310. The van der Waals surface area contributed by atoms with Crippen LogP contribution in [0.2, 0.25) is 0 Å². The fraction of sp³-hybridized carbons (Fsp3) is 0.615. The average molecular weight is 221 g/mol. The van der Waals surface area contributed by atoms with E-state index in [0.717, 1.165) is 25.5 Å². The minimum absolute atomic E-state index is 0.698. The molecule has 1 rings (SSSR count). The third kappa shape index (κ3) is 4.19. The highest BCUT2D eigenvalue weighted by atomic mass is 15.1. The van der Waals surface area contributed by atoms with Crippen LogP contribution in [0.4, 0.5) is 5.82 Å². The molecule has 1 heterocycles. The Morgan fingerprint density at radius 3 is 2.81 bits per heavy atom. The van der Waals surface area contributed by atoms with Crippen molar-refractivity contribution in [2.45, 2.75) is 27.3 Å². The molecule has 0 aromatic carbocycles. The summed E-state index contributed by atoms with van der Waals surface area (Å²) < 4.78 is 0.